The molecule has 3 heteroatoms. The van der Waals surface area contributed by atoms with Gasteiger partial charge in [0.15, 0.2) is 0 Å². The minimum absolute atomic E-state index is 0.0297. The SMILES string of the molecule is C=COC(=O)Nc1ccccc1C(C)(C)C. The maximum absolute atomic E-state index is 11.3. The molecule has 0 fully saturated rings. The summed E-state index contributed by atoms with van der Waals surface area (Å²) in [5.74, 6) is 0. The Morgan fingerprint density at radius 1 is 1.38 bits per heavy atom. The average molecular weight is 219 g/mol. The zero-order valence-electron chi connectivity index (χ0n) is 9.91. The van der Waals surface area contributed by atoms with Crippen molar-refractivity contribution in [3.8, 4) is 0 Å². The van der Waals surface area contributed by atoms with Crippen LogP contribution in [0.15, 0.2) is 37.1 Å². The number of nitrogens with one attached hydrogen (secondary N) is 1. The van der Waals surface area contributed by atoms with Gasteiger partial charge in [0.05, 0.1) is 6.26 Å². The van der Waals surface area contributed by atoms with E-state index in [1.807, 2.05) is 24.3 Å². The van der Waals surface area contributed by atoms with Gasteiger partial charge in [-0.05, 0) is 17.0 Å². The van der Waals surface area contributed by atoms with Gasteiger partial charge in [-0.3, -0.25) is 5.32 Å². The van der Waals surface area contributed by atoms with Gasteiger partial charge < -0.3 is 4.74 Å². The second-order valence-electron chi connectivity index (χ2n) is 4.49. The molecule has 0 radical (unpaired) electrons. The Hall–Kier alpha value is -1.77. The molecule has 1 aromatic rings. The highest BCUT2D eigenvalue weighted by Gasteiger charge is 2.18. The highest BCUT2D eigenvalue weighted by atomic mass is 16.5. The third-order valence-corrected chi connectivity index (χ3v) is 2.16. The predicted molar refractivity (Wildman–Crippen MR) is 65.4 cm³/mol. The lowest BCUT2D eigenvalue weighted by Gasteiger charge is -2.22. The molecular formula is C13H17NO2. The first-order chi connectivity index (χ1) is 7.45. The van der Waals surface area contributed by atoms with Crippen LogP contribution in [-0.4, -0.2) is 6.09 Å². The first-order valence-corrected chi connectivity index (χ1v) is 5.13. The number of rotatable bonds is 2. The van der Waals surface area contributed by atoms with Crippen molar-refractivity contribution in [2.24, 2.45) is 0 Å². The van der Waals surface area contributed by atoms with Crippen LogP contribution in [0.2, 0.25) is 0 Å². The number of carbonyl (C=O) groups excluding carboxylic acids is 1. The summed E-state index contributed by atoms with van der Waals surface area (Å²) in [5, 5.41) is 2.69. The number of hydrogen-bond donors (Lipinski definition) is 1. The van der Waals surface area contributed by atoms with E-state index in [0.717, 1.165) is 17.5 Å². The maximum atomic E-state index is 11.3. The zero-order valence-corrected chi connectivity index (χ0v) is 9.91. The largest absolute Gasteiger partial charge is 0.419 e. The first-order valence-electron chi connectivity index (χ1n) is 5.13. The Morgan fingerprint density at radius 3 is 2.56 bits per heavy atom. The highest BCUT2D eigenvalue weighted by Crippen LogP contribution is 2.29. The number of anilines is 1. The van der Waals surface area contributed by atoms with Crippen LogP contribution in [0.3, 0.4) is 0 Å². The van der Waals surface area contributed by atoms with Gasteiger partial charge in [-0.25, -0.2) is 4.79 Å². The van der Waals surface area contributed by atoms with E-state index in [-0.39, 0.29) is 5.41 Å². The van der Waals surface area contributed by atoms with Crippen LogP contribution in [0.1, 0.15) is 26.3 Å². The topological polar surface area (TPSA) is 38.3 Å². The summed E-state index contributed by atoms with van der Waals surface area (Å²) in [4.78, 5) is 11.3. The standard InChI is InChI=1S/C13H17NO2/c1-5-16-12(15)14-11-9-7-6-8-10(11)13(2,3)4/h5-9H,1H2,2-4H3,(H,14,15). The van der Waals surface area contributed by atoms with Crippen LogP contribution in [0.25, 0.3) is 0 Å². The molecule has 3 nitrogen and oxygen atoms in total. The number of carbonyl (C=O) groups is 1. The summed E-state index contributed by atoms with van der Waals surface area (Å²) in [6, 6.07) is 7.66. The molecule has 1 rings (SSSR count). The van der Waals surface area contributed by atoms with Gasteiger partial charge in [-0.15, -0.1) is 0 Å². The molecule has 0 unspecified atom stereocenters. The second-order valence-corrected chi connectivity index (χ2v) is 4.49. The summed E-state index contributed by atoms with van der Waals surface area (Å²) in [6.07, 6.45) is 0.585. The minimum Gasteiger partial charge on any atom is -0.419 e. The summed E-state index contributed by atoms with van der Waals surface area (Å²) in [5.41, 5.74) is 1.80. The van der Waals surface area contributed by atoms with Gasteiger partial charge >= 0.3 is 6.09 Å². The Bertz CT molecular complexity index is 391. The van der Waals surface area contributed by atoms with Gasteiger partial charge in [-0.2, -0.15) is 0 Å². The molecular weight excluding hydrogens is 202 g/mol. The summed E-state index contributed by atoms with van der Waals surface area (Å²) in [7, 11) is 0. The van der Waals surface area contributed by atoms with E-state index in [9.17, 15) is 4.79 Å². The fourth-order valence-electron chi connectivity index (χ4n) is 1.46. The quantitative estimate of drug-likeness (QED) is 0.770. The molecule has 0 atom stereocenters. The van der Waals surface area contributed by atoms with Crippen molar-refractivity contribution in [1.29, 1.82) is 0 Å². The number of hydrogen-bond acceptors (Lipinski definition) is 2. The predicted octanol–water partition coefficient (Wildman–Crippen LogP) is 3.68. The second kappa shape index (κ2) is 4.84. The highest BCUT2D eigenvalue weighted by molar-refractivity contribution is 5.86. The summed E-state index contributed by atoms with van der Waals surface area (Å²) < 4.78 is 4.63. The van der Waals surface area contributed by atoms with Crippen LogP contribution >= 0.6 is 0 Å². The van der Waals surface area contributed by atoms with Crippen molar-refractivity contribution in [3.63, 3.8) is 0 Å². The van der Waals surface area contributed by atoms with Crippen molar-refractivity contribution in [3.05, 3.63) is 42.7 Å². The van der Waals surface area contributed by atoms with E-state index in [1.165, 1.54) is 0 Å². The molecule has 0 saturated heterocycles. The molecule has 0 aliphatic carbocycles. The van der Waals surface area contributed by atoms with Gasteiger partial charge in [-0.1, -0.05) is 45.5 Å². The molecule has 0 heterocycles. The Balaban J connectivity index is 2.96. The normalized spacial score (nSPS) is 10.7. The van der Waals surface area contributed by atoms with E-state index < -0.39 is 6.09 Å². The zero-order chi connectivity index (χ0) is 12.2. The lowest BCUT2D eigenvalue weighted by atomic mass is 9.86. The van der Waals surface area contributed by atoms with E-state index in [4.69, 9.17) is 0 Å². The van der Waals surface area contributed by atoms with Crippen molar-refractivity contribution in [1.82, 2.24) is 0 Å². The van der Waals surface area contributed by atoms with Crippen molar-refractivity contribution in [2.75, 3.05) is 5.32 Å². The lowest BCUT2D eigenvalue weighted by molar-refractivity contribution is 0.201. The van der Waals surface area contributed by atoms with Crippen LogP contribution in [0.5, 0.6) is 0 Å². The molecule has 0 saturated carbocycles. The van der Waals surface area contributed by atoms with Crippen molar-refractivity contribution >= 4 is 11.8 Å². The van der Waals surface area contributed by atoms with Gasteiger partial charge in [0, 0.05) is 5.69 Å². The monoisotopic (exact) mass is 219 g/mol. The van der Waals surface area contributed by atoms with Crippen LogP contribution in [0.4, 0.5) is 10.5 Å². The Labute approximate surface area is 96.1 Å². The maximum Gasteiger partial charge on any atom is 0.416 e. The van der Waals surface area contributed by atoms with E-state index in [1.54, 1.807) is 0 Å². The molecule has 1 aromatic carbocycles. The molecule has 0 aliphatic heterocycles. The third-order valence-electron chi connectivity index (χ3n) is 2.16. The third kappa shape index (κ3) is 3.12. The molecule has 1 N–H and O–H groups in total. The van der Waals surface area contributed by atoms with E-state index >= 15 is 0 Å². The average Bonchev–Trinajstić information content (AvgIpc) is 2.17. The van der Waals surface area contributed by atoms with Crippen molar-refractivity contribution < 1.29 is 9.53 Å². The fourth-order valence-corrected chi connectivity index (χ4v) is 1.46. The number of amides is 1. The van der Waals surface area contributed by atoms with Crippen molar-refractivity contribution in [2.45, 2.75) is 26.2 Å². The number of ether oxygens (including phenoxy) is 1. The molecule has 16 heavy (non-hydrogen) atoms. The molecule has 0 bridgehead atoms. The first kappa shape index (κ1) is 12.3. The summed E-state index contributed by atoms with van der Waals surface area (Å²) >= 11 is 0. The molecule has 1 amide bonds. The number of benzene rings is 1. The van der Waals surface area contributed by atoms with Crippen LogP contribution < -0.4 is 5.32 Å². The molecule has 0 aromatic heterocycles. The van der Waals surface area contributed by atoms with Gasteiger partial charge in [0.25, 0.3) is 0 Å². The smallest absolute Gasteiger partial charge is 0.416 e. The number of para-hydroxylation sites is 1. The van der Waals surface area contributed by atoms with E-state index in [2.05, 4.69) is 37.4 Å². The van der Waals surface area contributed by atoms with Gasteiger partial charge in [0.2, 0.25) is 0 Å². The Kier molecular flexibility index (Phi) is 3.72. The lowest BCUT2D eigenvalue weighted by Crippen LogP contribution is -2.18. The molecule has 0 spiro atoms. The Morgan fingerprint density at radius 2 is 2.00 bits per heavy atom. The molecule has 0 aliphatic rings. The van der Waals surface area contributed by atoms with Crippen LogP contribution in [-0.2, 0) is 10.2 Å². The van der Waals surface area contributed by atoms with E-state index in [0.29, 0.717) is 0 Å². The van der Waals surface area contributed by atoms with Gasteiger partial charge in [0.1, 0.15) is 0 Å². The summed E-state index contributed by atoms with van der Waals surface area (Å²) in [6.45, 7) is 9.60. The molecule has 86 valence electrons. The minimum atomic E-state index is -0.522. The fraction of sp³-hybridized carbons (Fsp3) is 0.308. The van der Waals surface area contributed by atoms with Crippen LogP contribution in [0, 0.1) is 0 Å².